The highest BCUT2D eigenvalue weighted by Crippen LogP contribution is 2.35. The number of hydrogen-bond donors (Lipinski definition) is 2. The number of ether oxygens (including phenoxy) is 2. The van der Waals surface area contributed by atoms with E-state index in [1.807, 2.05) is 70.8 Å². The summed E-state index contributed by atoms with van der Waals surface area (Å²) in [5, 5.41) is 2.75. The summed E-state index contributed by atoms with van der Waals surface area (Å²) in [6.45, 7) is 13.1. The van der Waals surface area contributed by atoms with Crippen LogP contribution in [0.4, 0.5) is 4.39 Å². The Labute approximate surface area is 301 Å². The van der Waals surface area contributed by atoms with Gasteiger partial charge in [0.05, 0.1) is 37.7 Å². The number of aryl methyl sites for hydroxylation is 1. The third kappa shape index (κ3) is 16.0. The van der Waals surface area contributed by atoms with Crippen molar-refractivity contribution in [3.63, 3.8) is 0 Å². The first kappa shape index (κ1) is 44.4. The van der Waals surface area contributed by atoms with Crippen molar-refractivity contribution in [3.05, 3.63) is 77.1 Å². The van der Waals surface area contributed by atoms with Crippen molar-refractivity contribution in [2.24, 2.45) is 0 Å². The summed E-state index contributed by atoms with van der Waals surface area (Å²) in [5.74, 6) is -0.582. The summed E-state index contributed by atoms with van der Waals surface area (Å²) in [6, 6.07) is 15.4. The number of esters is 1. The van der Waals surface area contributed by atoms with Crippen LogP contribution < -0.4 is 10.8 Å². The Morgan fingerprint density at radius 2 is 1.82 bits per heavy atom. The zero-order valence-electron chi connectivity index (χ0n) is 31.9. The lowest BCUT2D eigenvalue weighted by Crippen LogP contribution is -2.33. The maximum atomic E-state index is 14.2. The van der Waals surface area contributed by atoms with Gasteiger partial charge in [-0.1, -0.05) is 82.2 Å². The average Bonchev–Trinajstić information content (AvgIpc) is 3.50. The average molecular weight is 702 g/mol. The first-order valence-corrected chi connectivity index (χ1v) is 18.0. The van der Waals surface area contributed by atoms with E-state index in [-0.39, 0.29) is 50.1 Å². The van der Waals surface area contributed by atoms with Crippen LogP contribution in [0.25, 0.3) is 5.57 Å². The molecule has 3 rings (SSSR count). The van der Waals surface area contributed by atoms with E-state index < -0.39 is 5.54 Å². The highest BCUT2D eigenvalue weighted by molar-refractivity contribution is 5.77. The fraction of sp³-hybridized carbons (Fsp3) is 0.575. The second kappa shape index (κ2) is 24.5. The minimum Gasteiger partial charge on any atom is -0.469 e. The molecule has 2 aromatic carbocycles. The summed E-state index contributed by atoms with van der Waals surface area (Å²) < 4.78 is 24.3. The van der Waals surface area contributed by atoms with Gasteiger partial charge in [0.25, 0.3) is 0 Å². The lowest BCUT2D eigenvalue weighted by atomic mass is 9.86. The third-order valence-electron chi connectivity index (χ3n) is 8.53. The van der Waals surface area contributed by atoms with Crippen molar-refractivity contribution < 1.29 is 34.5 Å². The number of nitrogens with one attached hydrogen (secondary N) is 2. The molecule has 3 atom stereocenters. The maximum Gasteiger partial charge on any atom is 0.305 e. The second-order valence-electron chi connectivity index (χ2n) is 12.6. The fourth-order valence-electron chi connectivity index (χ4n) is 5.55. The first-order valence-electron chi connectivity index (χ1n) is 18.0. The molecule has 2 amide bonds. The molecule has 282 valence electrons. The summed E-state index contributed by atoms with van der Waals surface area (Å²) in [4.78, 5) is 42.6. The van der Waals surface area contributed by atoms with E-state index in [1.54, 1.807) is 13.2 Å². The Morgan fingerprint density at radius 1 is 1.12 bits per heavy atom. The van der Waals surface area contributed by atoms with Crippen LogP contribution in [0.3, 0.4) is 0 Å². The van der Waals surface area contributed by atoms with Crippen LogP contribution in [-0.4, -0.2) is 69.2 Å². The van der Waals surface area contributed by atoms with E-state index in [2.05, 4.69) is 40.7 Å². The monoisotopic (exact) mass is 701 g/mol. The molecule has 2 aromatic rings. The smallest absolute Gasteiger partial charge is 0.305 e. The van der Waals surface area contributed by atoms with Gasteiger partial charge in [-0.05, 0) is 62.8 Å². The quantitative estimate of drug-likeness (QED) is 0.128. The first-order chi connectivity index (χ1) is 24.0. The molecule has 0 saturated carbocycles. The molecule has 1 fully saturated rings. The van der Waals surface area contributed by atoms with Crippen molar-refractivity contribution in [2.75, 3.05) is 34.4 Å². The number of carbonyl (C=O) groups excluding carboxylic acids is 3. The topological polar surface area (TPSA) is 106 Å². The molecule has 0 radical (unpaired) electrons. The van der Waals surface area contributed by atoms with E-state index in [0.717, 1.165) is 24.9 Å². The molecule has 50 heavy (non-hydrogen) atoms. The molecular weight excluding hydrogens is 637 g/mol. The molecule has 0 spiro atoms. The number of halogens is 1. The van der Waals surface area contributed by atoms with Crippen LogP contribution in [0.5, 0.6) is 0 Å². The molecule has 1 heterocycles. The van der Waals surface area contributed by atoms with E-state index in [9.17, 15) is 18.8 Å². The normalized spacial score (nSPS) is 17.4. The number of allylic oxidation sites excluding steroid dienone is 1. The maximum absolute atomic E-state index is 14.2. The number of nitrogens with zero attached hydrogens (tertiary/aromatic N) is 1. The van der Waals surface area contributed by atoms with Gasteiger partial charge in [-0.3, -0.25) is 19.2 Å². The van der Waals surface area contributed by atoms with Crippen LogP contribution in [-0.2, 0) is 34.2 Å². The van der Waals surface area contributed by atoms with Crippen LogP contribution >= 0.6 is 0 Å². The second-order valence-corrected chi connectivity index (χ2v) is 12.6. The largest absolute Gasteiger partial charge is 0.469 e. The van der Waals surface area contributed by atoms with E-state index >= 15 is 0 Å². The minimum atomic E-state index is -0.673. The number of amides is 2. The summed E-state index contributed by atoms with van der Waals surface area (Å²) in [5.41, 5.74) is 6.00. The van der Waals surface area contributed by atoms with Crippen molar-refractivity contribution >= 4 is 23.4 Å². The third-order valence-corrected chi connectivity index (χ3v) is 8.53. The number of rotatable bonds is 17. The predicted molar refractivity (Wildman–Crippen MR) is 201 cm³/mol. The number of carbonyl (C=O) groups is 3. The summed E-state index contributed by atoms with van der Waals surface area (Å²) in [6.07, 6.45) is 7.74. The van der Waals surface area contributed by atoms with Crippen LogP contribution in [0.1, 0.15) is 111 Å². The van der Waals surface area contributed by atoms with Crippen LogP contribution in [0, 0.1) is 12.7 Å². The molecule has 1 aliphatic heterocycles. The van der Waals surface area contributed by atoms with Gasteiger partial charge >= 0.3 is 5.97 Å². The van der Waals surface area contributed by atoms with Gasteiger partial charge in [-0.25, -0.2) is 4.39 Å². The number of benzene rings is 2. The Morgan fingerprint density at radius 3 is 2.42 bits per heavy atom. The summed E-state index contributed by atoms with van der Waals surface area (Å²) in [7, 11) is 4.91. The fourth-order valence-corrected chi connectivity index (χ4v) is 5.55. The molecule has 1 saturated heterocycles. The lowest BCUT2D eigenvalue weighted by Gasteiger charge is -2.23. The molecule has 0 bridgehead atoms. The molecule has 3 unspecified atom stereocenters. The SMILES string of the molecule is C/C=C(/CC(CC(=O)N(C)CCCCC)OC)c1ccccc1.CC.COC(=O)CCCNC(=O)CC1CC(C)(c2ccc(C)cc2F)NO1.[HH]. The van der Waals surface area contributed by atoms with Gasteiger partial charge < -0.3 is 19.7 Å². The van der Waals surface area contributed by atoms with E-state index in [0.29, 0.717) is 31.4 Å². The van der Waals surface area contributed by atoms with Crippen molar-refractivity contribution in [1.29, 1.82) is 0 Å². The van der Waals surface area contributed by atoms with Crippen LogP contribution in [0.2, 0.25) is 0 Å². The molecule has 1 aliphatic rings. The van der Waals surface area contributed by atoms with Gasteiger partial charge in [0.1, 0.15) is 5.82 Å². The molecule has 2 N–H and O–H groups in total. The highest BCUT2D eigenvalue weighted by atomic mass is 19.1. The Kier molecular flexibility index (Phi) is 21.8. The summed E-state index contributed by atoms with van der Waals surface area (Å²) >= 11 is 0. The predicted octanol–water partition coefficient (Wildman–Crippen LogP) is 7.91. The number of unbranched alkanes of at least 4 members (excludes halogenated alkanes) is 2. The van der Waals surface area contributed by atoms with Gasteiger partial charge in [0.15, 0.2) is 0 Å². The van der Waals surface area contributed by atoms with Crippen molar-refractivity contribution in [3.8, 4) is 0 Å². The molecule has 10 heteroatoms. The molecular formula is C40H64FN3O6. The van der Waals surface area contributed by atoms with Gasteiger partial charge in [-0.15, -0.1) is 0 Å². The van der Waals surface area contributed by atoms with E-state index in [1.165, 1.54) is 37.2 Å². The number of hydrogen-bond acceptors (Lipinski definition) is 7. The molecule has 0 aliphatic carbocycles. The standard InChI is InChI=1S/C20H31NO2.C18H25FN2O4.C2H6.H2/c1-5-7-11-14-21(3)20(22)16-19(23-4)15-17(6-2)18-12-9-8-10-13-18;1-12-6-7-14(15(19)9-12)18(2)11-13(25-21-18)10-16(22)20-8-4-5-17(23)24-3;1-2;/h6,8-10,12-13,19H,5,7,11,14-16H2,1-4H3;6-7,9,13,21H,4-5,8,10-11H2,1-3H3,(H,20,22);1-2H3;1H/b17-6-;;;. The minimum absolute atomic E-state index is 0. The van der Waals surface area contributed by atoms with Gasteiger partial charge in [0, 0.05) is 47.1 Å². The van der Waals surface area contributed by atoms with E-state index in [4.69, 9.17) is 9.57 Å². The number of hydroxylamine groups is 1. The zero-order chi connectivity index (χ0) is 37.5. The van der Waals surface area contributed by atoms with Crippen molar-refractivity contribution in [2.45, 2.75) is 117 Å². The van der Waals surface area contributed by atoms with Crippen molar-refractivity contribution in [1.82, 2.24) is 15.7 Å². The lowest BCUT2D eigenvalue weighted by molar-refractivity contribution is -0.141. The zero-order valence-corrected chi connectivity index (χ0v) is 31.9. The Hall–Kier alpha value is -3.60. The molecule has 0 aromatic heterocycles. The van der Waals surface area contributed by atoms with Gasteiger partial charge in [-0.2, -0.15) is 5.48 Å². The highest BCUT2D eigenvalue weighted by Gasteiger charge is 2.40. The Balaban J connectivity index is 0.000000921. The Bertz CT molecular complexity index is 1330. The molecule has 9 nitrogen and oxygen atoms in total. The number of methoxy groups -OCH3 is 2. The van der Waals surface area contributed by atoms with Crippen LogP contribution in [0.15, 0.2) is 54.6 Å². The van der Waals surface area contributed by atoms with Gasteiger partial charge in [0.2, 0.25) is 11.8 Å².